The molecule has 0 atom stereocenters. The Kier molecular flexibility index (Phi) is 6.75. The second-order valence-electron chi connectivity index (χ2n) is 8.03. The summed E-state index contributed by atoms with van der Waals surface area (Å²) >= 11 is 0. The highest BCUT2D eigenvalue weighted by Crippen LogP contribution is 2.47. The topological polar surface area (TPSA) is 62.7 Å². The summed E-state index contributed by atoms with van der Waals surface area (Å²) < 4.78 is 5.16. The minimum atomic E-state index is -0.0324. The molecule has 2 N–H and O–H groups in total. The first-order chi connectivity index (χ1) is 13.1. The highest BCUT2D eigenvalue weighted by atomic mass is 16.5. The molecule has 0 aromatic heterocycles. The molecule has 2 saturated carbocycles. The van der Waals surface area contributed by atoms with E-state index in [9.17, 15) is 4.79 Å². The van der Waals surface area contributed by atoms with E-state index in [0.717, 1.165) is 44.6 Å². The first kappa shape index (κ1) is 19.7. The first-order valence-corrected chi connectivity index (χ1v) is 10.3. The predicted octanol–water partition coefficient (Wildman–Crippen LogP) is 3.30. The molecular weight excluding hydrogens is 338 g/mol. The summed E-state index contributed by atoms with van der Waals surface area (Å²) in [6.07, 6.45) is 7.44. The largest absolute Gasteiger partial charge is 0.466 e. The summed E-state index contributed by atoms with van der Waals surface area (Å²) in [5.74, 6) is 0.919. The number of nitrogens with one attached hydrogen (secondary N) is 2. The van der Waals surface area contributed by atoms with Crippen molar-refractivity contribution < 1.29 is 9.53 Å². The standard InChI is InChI=1S/C22H33N3O2/c1-3-27-20(26)18-9-11-19(12-10-18)25-21(23-2)24-16-22(13-14-22)15-17-7-5-4-6-8-17/h4-8,18-19H,3,9-16H2,1-2H3,(H2,23,24,25). The van der Waals surface area contributed by atoms with Crippen LogP contribution in [0.1, 0.15) is 51.0 Å². The van der Waals surface area contributed by atoms with E-state index in [1.807, 2.05) is 14.0 Å². The lowest BCUT2D eigenvalue weighted by atomic mass is 9.86. The molecule has 1 aromatic rings. The van der Waals surface area contributed by atoms with Crippen molar-refractivity contribution >= 4 is 11.9 Å². The monoisotopic (exact) mass is 371 g/mol. The molecule has 0 spiro atoms. The minimum Gasteiger partial charge on any atom is -0.466 e. The lowest BCUT2D eigenvalue weighted by Crippen LogP contribution is -2.47. The molecule has 5 heteroatoms. The van der Waals surface area contributed by atoms with E-state index in [-0.39, 0.29) is 11.9 Å². The smallest absolute Gasteiger partial charge is 0.308 e. The zero-order valence-corrected chi connectivity index (χ0v) is 16.7. The molecule has 0 amide bonds. The molecule has 0 bridgehead atoms. The van der Waals surface area contributed by atoms with Crippen LogP contribution in [0.15, 0.2) is 35.3 Å². The summed E-state index contributed by atoms with van der Waals surface area (Å²) in [6, 6.07) is 11.1. The highest BCUT2D eigenvalue weighted by Gasteiger charge is 2.42. The lowest BCUT2D eigenvalue weighted by Gasteiger charge is -2.29. The van der Waals surface area contributed by atoms with Crippen LogP contribution >= 0.6 is 0 Å². The molecule has 5 nitrogen and oxygen atoms in total. The van der Waals surface area contributed by atoms with Gasteiger partial charge in [0.1, 0.15) is 0 Å². The summed E-state index contributed by atoms with van der Waals surface area (Å²) in [4.78, 5) is 16.3. The van der Waals surface area contributed by atoms with Crippen LogP contribution in [0.5, 0.6) is 0 Å². The van der Waals surface area contributed by atoms with Gasteiger partial charge in [-0.25, -0.2) is 0 Å². The Morgan fingerprint density at radius 3 is 2.48 bits per heavy atom. The van der Waals surface area contributed by atoms with Crippen molar-refractivity contribution in [2.24, 2.45) is 16.3 Å². The van der Waals surface area contributed by atoms with Gasteiger partial charge in [0.2, 0.25) is 0 Å². The maximum Gasteiger partial charge on any atom is 0.308 e. The second kappa shape index (κ2) is 9.25. The maximum atomic E-state index is 11.9. The Morgan fingerprint density at radius 2 is 1.89 bits per heavy atom. The van der Waals surface area contributed by atoms with Crippen LogP contribution in [0.4, 0.5) is 0 Å². The molecule has 1 aromatic carbocycles. The van der Waals surface area contributed by atoms with Gasteiger partial charge in [0.25, 0.3) is 0 Å². The third-order valence-electron chi connectivity index (χ3n) is 5.92. The molecule has 2 aliphatic rings. The molecule has 27 heavy (non-hydrogen) atoms. The predicted molar refractivity (Wildman–Crippen MR) is 109 cm³/mol. The summed E-state index contributed by atoms with van der Waals surface area (Å²) in [6.45, 7) is 3.29. The van der Waals surface area contributed by atoms with E-state index < -0.39 is 0 Å². The number of hydrogen-bond acceptors (Lipinski definition) is 3. The molecular formula is C22H33N3O2. The van der Waals surface area contributed by atoms with Gasteiger partial charge in [0, 0.05) is 19.6 Å². The van der Waals surface area contributed by atoms with Crippen LogP contribution in [0.25, 0.3) is 0 Å². The van der Waals surface area contributed by atoms with Crippen LogP contribution < -0.4 is 10.6 Å². The molecule has 2 aliphatic carbocycles. The van der Waals surface area contributed by atoms with E-state index in [4.69, 9.17) is 4.74 Å². The summed E-state index contributed by atoms with van der Waals surface area (Å²) in [5, 5.41) is 7.09. The summed E-state index contributed by atoms with van der Waals surface area (Å²) in [7, 11) is 1.83. The number of guanidine groups is 1. The zero-order valence-electron chi connectivity index (χ0n) is 16.7. The quantitative estimate of drug-likeness (QED) is 0.439. The van der Waals surface area contributed by atoms with Gasteiger partial charge in [-0.15, -0.1) is 0 Å². The number of esters is 1. The molecule has 0 aliphatic heterocycles. The fourth-order valence-corrected chi connectivity index (χ4v) is 4.01. The van der Waals surface area contributed by atoms with Crippen molar-refractivity contribution in [2.75, 3.05) is 20.2 Å². The van der Waals surface area contributed by atoms with E-state index >= 15 is 0 Å². The number of ether oxygens (including phenoxy) is 1. The van der Waals surface area contributed by atoms with Crippen molar-refractivity contribution in [2.45, 2.75) is 57.9 Å². The Bertz CT molecular complexity index is 632. The Hall–Kier alpha value is -2.04. The number of benzene rings is 1. The molecule has 3 rings (SSSR count). The van der Waals surface area contributed by atoms with Gasteiger partial charge in [-0.05, 0) is 62.8 Å². The van der Waals surface area contributed by atoms with Gasteiger partial charge < -0.3 is 15.4 Å². The molecule has 148 valence electrons. The number of rotatable bonds is 7. The highest BCUT2D eigenvalue weighted by molar-refractivity contribution is 5.80. The van der Waals surface area contributed by atoms with Crippen LogP contribution in [-0.2, 0) is 16.0 Å². The van der Waals surface area contributed by atoms with E-state index in [1.165, 1.54) is 18.4 Å². The Labute approximate surface area is 163 Å². The summed E-state index contributed by atoms with van der Waals surface area (Å²) in [5.41, 5.74) is 1.79. The van der Waals surface area contributed by atoms with Gasteiger partial charge >= 0.3 is 5.97 Å². The third kappa shape index (κ3) is 5.72. The fraction of sp³-hybridized carbons (Fsp3) is 0.636. The fourth-order valence-electron chi connectivity index (χ4n) is 4.01. The number of nitrogens with zero attached hydrogens (tertiary/aromatic N) is 1. The van der Waals surface area contributed by atoms with Crippen molar-refractivity contribution in [3.8, 4) is 0 Å². The van der Waals surface area contributed by atoms with Crippen LogP contribution in [0.3, 0.4) is 0 Å². The van der Waals surface area contributed by atoms with Gasteiger partial charge in [-0.3, -0.25) is 9.79 Å². The Balaban J connectivity index is 1.42. The molecule has 2 fully saturated rings. The molecule has 0 radical (unpaired) electrons. The van der Waals surface area contributed by atoms with Crippen LogP contribution in [0, 0.1) is 11.3 Å². The lowest BCUT2D eigenvalue weighted by molar-refractivity contribution is -0.149. The third-order valence-corrected chi connectivity index (χ3v) is 5.92. The average Bonchev–Trinajstić information content (AvgIpc) is 3.46. The van der Waals surface area contributed by atoms with Gasteiger partial charge in [0.15, 0.2) is 5.96 Å². The molecule has 0 heterocycles. The van der Waals surface area contributed by atoms with Gasteiger partial charge in [-0.2, -0.15) is 0 Å². The normalized spacial score (nSPS) is 24.1. The van der Waals surface area contributed by atoms with Crippen molar-refractivity contribution in [1.82, 2.24) is 10.6 Å². The second-order valence-corrected chi connectivity index (χ2v) is 8.03. The first-order valence-electron chi connectivity index (χ1n) is 10.3. The number of hydrogen-bond donors (Lipinski definition) is 2. The zero-order chi connectivity index (χ0) is 19.1. The van der Waals surface area contributed by atoms with Crippen LogP contribution in [-0.4, -0.2) is 38.2 Å². The molecule has 0 saturated heterocycles. The Morgan fingerprint density at radius 1 is 1.19 bits per heavy atom. The van der Waals surface area contributed by atoms with Crippen LogP contribution in [0.2, 0.25) is 0 Å². The van der Waals surface area contributed by atoms with Crippen molar-refractivity contribution in [1.29, 1.82) is 0 Å². The van der Waals surface area contributed by atoms with E-state index in [1.54, 1.807) is 0 Å². The van der Waals surface area contributed by atoms with Crippen molar-refractivity contribution in [3.05, 3.63) is 35.9 Å². The molecule has 0 unspecified atom stereocenters. The SMILES string of the molecule is CCOC(=O)C1CCC(NC(=NC)NCC2(Cc3ccccc3)CC2)CC1. The number of aliphatic imine (C=N–C) groups is 1. The average molecular weight is 372 g/mol. The van der Waals surface area contributed by atoms with Gasteiger partial charge in [-0.1, -0.05) is 30.3 Å². The van der Waals surface area contributed by atoms with E-state index in [0.29, 0.717) is 18.1 Å². The minimum absolute atomic E-state index is 0.0324. The van der Waals surface area contributed by atoms with E-state index in [2.05, 4.69) is 46.0 Å². The van der Waals surface area contributed by atoms with Gasteiger partial charge in [0.05, 0.1) is 12.5 Å². The number of carbonyl (C=O) groups is 1. The number of carbonyl (C=O) groups excluding carboxylic acids is 1. The van der Waals surface area contributed by atoms with Crippen molar-refractivity contribution in [3.63, 3.8) is 0 Å². The maximum absolute atomic E-state index is 11.9.